The van der Waals surface area contributed by atoms with Crippen LogP contribution in [0.25, 0.3) is 5.43 Å². The molecule has 1 amide bonds. The maximum Gasteiger partial charge on any atom is 0.237 e. The largest absolute Gasteiger partial charge is 0.562 e. The predicted molar refractivity (Wildman–Crippen MR) is 45.6 cm³/mol. The van der Waals surface area contributed by atoms with Gasteiger partial charge in [0.15, 0.2) is 0 Å². The molecule has 0 aromatic heterocycles. The summed E-state index contributed by atoms with van der Waals surface area (Å²) in [5.41, 5.74) is 5.82. The monoisotopic (exact) mass is 161 g/mol. The highest BCUT2D eigenvalue weighted by Crippen LogP contribution is 2.21. The molecule has 1 heterocycles. The van der Waals surface area contributed by atoms with Gasteiger partial charge in [0.2, 0.25) is 5.91 Å². The van der Waals surface area contributed by atoms with Crippen LogP contribution >= 0.6 is 0 Å². The number of nitrogens with zero attached hydrogens (tertiary/aromatic N) is 2. The minimum Gasteiger partial charge on any atom is -0.562 e. The summed E-state index contributed by atoms with van der Waals surface area (Å²) < 4.78 is 0. The van der Waals surface area contributed by atoms with E-state index in [9.17, 15) is 4.79 Å². The SMILES string of the molecule is CN1[N-]Cc2ccccc2C1=O. The van der Waals surface area contributed by atoms with E-state index in [2.05, 4.69) is 5.43 Å². The van der Waals surface area contributed by atoms with Gasteiger partial charge in [0, 0.05) is 5.56 Å². The molecule has 12 heavy (non-hydrogen) atoms. The number of fused-ring (bicyclic) bond motifs is 1. The van der Waals surface area contributed by atoms with Gasteiger partial charge in [0.1, 0.15) is 0 Å². The first-order valence-electron chi connectivity index (χ1n) is 3.82. The zero-order valence-corrected chi connectivity index (χ0v) is 6.82. The van der Waals surface area contributed by atoms with Gasteiger partial charge in [0.25, 0.3) is 0 Å². The van der Waals surface area contributed by atoms with Gasteiger partial charge < -0.3 is 10.4 Å². The topological polar surface area (TPSA) is 34.4 Å². The van der Waals surface area contributed by atoms with Gasteiger partial charge in [-0.2, -0.15) is 0 Å². The molecule has 0 saturated carbocycles. The first-order valence-corrected chi connectivity index (χ1v) is 3.82. The Morgan fingerprint density at radius 1 is 1.42 bits per heavy atom. The number of amides is 1. The third-order valence-electron chi connectivity index (χ3n) is 1.99. The van der Waals surface area contributed by atoms with E-state index in [-0.39, 0.29) is 5.91 Å². The second-order valence-electron chi connectivity index (χ2n) is 2.79. The Labute approximate surface area is 71.0 Å². The molecule has 1 aromatic carbocycles. The van der Waals surface area contributed by atoms with Crippen molar-refractivity contribution in [2.45, 2.75) is 6.54 Å². The second-order valence-corrected chi connectivity index (χ2v) is 2.79. The van der Waals surface area contributed by atoms with Crippen LogP contribution in [0, 0.1) is 0 Å². The highest BCUT2D eigenvalue weighted by molar-refractivity contribution is 5.97. The lowest BCUT2D eigenvalue weighted by Crippen LogP contribution is -2.27. The fourth-order valence-corrected chi connectivity index (χ4v) is 1.29. The Bertz CT molecular complexity index is 322. The summed E-state index contributed by atoms with van der Waals surface area (Å²) >= 11 is 0. The minimum atomic E-state index is -0.0168. The minimum absolute atomic E-state index is 0.0168. The molecule has 1 aliphatic rings. The van der Waals surface area contributed by atoms with Crippen molar-refractivity contribution in [3.8, 4) is 0 Å². The van der Waals surface area contributed by atoms with Crippen molar-refractivity contribution in [2.75, 3.05) is 7.05 Å². The Balaban J connectivity index is 2.49. The molecule has 62 valence electrons. The van der Waals surface area contributed by atoms with E-state index >= 15 is 0 Å². The van der Waals surface area contributed by atoms with Crippen LogP contribution in [0.1, 0.15) is 15.9 Å². The van der Waals surface area contributed by atoms with Crippen LogP contribution in [0.4, 0.5) is 0 Å². The van der Waals surface area contributed by atoms with E-state index in [1.807, 2.05) is 24.3 Å². The van der Waals surface area contributed by atoms with Crippen LogP contribution in [0.2, 0.25) is 0 Å². The van der Waals surface area contributed by atoms with Crippen LogP contribution in [0.5, 0.6) is 0 Å². The fourth-order valence-electron chi connectivity index (χ4n) is 1.29. The maximum absolute atomic E-state index is 11.4. The fraction of sp³-hybridized carbons (Fsp3) is 0.222. The van der Waals surface area contributed by atoms with Gasteiger partial charge in [0.05, 0.1) is 0 Å². The molecule has 3 heteroatoms. The average Bonchev–Trinajstić information content (AvgIpc) is 2.12. The molecule has 1 aliphatic heterocycles. The van der Waals surface area contributed by atoms with Gasteiger partial charge in [-0.05, 0) is 13.1 Å². The lowest BCUT2D eigenvalue weighted by atomic mass is 10.1. The highest BCUT2D eigenvalue weighted by Gasteiger charge is 2.12. The van der Waals surface area contributed by atoms with Crippen molar-refractivity contribution in [1.82, 2.24) is 5.01 Å². The van der Waals surface area contributed by atoms with Crippen LogP contribution < -0.4 is 0 Å². The first-order chi connectivity index (χ1) is 5.79. The molecular formula is C9H9N2O-. The lowest BCUT2D eigenvalue weighted by Gasteiger charge is -2.38. The Morgan fingerprint density at radius 2 is 2.17 bits per heavy atom. The standard InChI is InChI=1S/C9H9N2O/c1-11-9(12)8-5-3-2-4-7(8)6-10-11/h2-5H,6H2,1H3/q-1. The van der Waals surface area contributed by atoms with Gasteiger partial charge in [-0.3, -0.25) is 4.79 Å². The van der Waals surface area contributed by atoms with Crippen LogP contribution in [0.3, 0.4) is 0 Å². The number of carbonyl (C=O) groups is 1. The molecular weight excluding hydrogens is 152 g/mol. The molecule has 0 spiro atoms. The Morgan fingerprint density at radius 3 is 3.00 bits per heavy atom. The number of rotatable bonds is 0. The highest BCUT2D eigenvalue weighted by atomic mass is 16.2. The van der Waals surface area contributed by atoms with Gasteiger partial charge in [-0.25, -0.2) is 0 Å². The summed E-state index contributed by atoms with van der Waals surface area (Å²) in [5, 5.41) is 1.39. The van der Waals surface area contributed by atoms with E-state index in [0.29, 0.717) is 6.54 Å². The molecule has 0 fully saturated rings. The lowest BCUT2D eigenvalue weighted by molar-refractivity contribution is 0.0822. The molecule has 0 unspecified atom stereocenters. The number of hydrogen-bond donors (Lipinski definition) is 0. The zero-order valence-electron chi connectivity index (χ0n) is 6.82. The summed E-state index contributed by atoms with van der Waals surface area (Å²) in [7, 11) is 1.68. The molecule has 0 N–H and O–H groups in total. The summed E-state index contributed by atoms with van der Waals surface area (Å²) in [6, 6.07) is 7.56. The third kappa shape index (κ3) is 0.987. The molecule has 0 aliphatic carbocycles. The molecule has 2 rings (SSSR count). The molecule has 3 nitrogen and oxygen atoms in total. The van der Waals surface area contributed by atoms with E-state index in [4.69, 9.17) is 0 Å². The van der Waals surface area contributed by atoms with E-state index in [1.54, 1.807) is 7.05 Å². The average molecular weight is 161 g/mol. The molecule has 0 bridgehead atoms. The van der Waals surface area contributed by atoms with Crippen LogP contribution in [-0.4, -0.2) is 18.0 Å². The van der Waals surface area contributed by atoms with Gasteiger partial charge in [-0.15, -0.1) is 6.54 Å². The Hall–Kier alpha value is -1.35. The van der Waals surface area contributed by atoms with E-state index in [1.165, 1.54) is 5.01 Å². The molecule has 0 saturated heterocycles. The van der Waals surface area contributed by atoms with Crippen LogP contribution in [0.15, 0.2) is 24.3 Å². The van der Waals surface area contributed by atoms with Crippen molar-refractivity contribution >= 4 is 5.91 Å². The number of benzene rings is 1. The number of carbonyl (C=O) groups excluding carboxylic acids is 1. The maximum atomic E-state index is 11.4. The van der Waals surface area contributed by atoms with Crippen molar-refractivity contribution in [3.63, 3.8) is 0 Å². The number of hydrogen-bond acceptors (Lipinski definition) is 1. The second kappa shape index (κ2) is 2.60. The van der Waals surface area contributed by atoms with Crippen LogP contribution in [-0.2, 0) is 6.54 Å². The third-order valence-corrected chi connectivity index (χ3v) is 1.99. The quantitative estimate of drug-likeness (QED) is 0.568. The first kappa shape index (κ1) is 7.31. The Kier molecular flexibility index (Phi) is 1.59. The summed E-state index contributed by atoms with van der Waals surface area (Å²) in [5.74, 6) is -0.0168. The summed E-state index contributed by atoms with van der Waals surface area (Å²) in [4.78, 5) is 11.4. The van der Waals surface area contributed by atoms with Crippen molar-refractivity contribution in [2.24, 2.45) is 0 Å². The van der Waals surface area contributed by atoms with E-state index in [0.717, 1.165) is 11.1 Å². The van der Waals surface area contributed by atoms with Gasteiger partial charge in [-0.1, -0.05) is 23.8 Å². The van der Waals surface area contributed by atoms with Crippen molar-refractivity contribution in [3.05, 3.63) is 40.8 Å². The zero-order chi connectivity index (χ0) is 8.55. The summed E-state index contributed by atoms with van der Waals surface area (Å²) in [6.45, 7) is 0.610. The molecule has 0 radical (unpaired) electrons. The summed E-state index contributed by atoms with van der Waals surface area (Å²) in [6.07, 6.45) is 0. The molecule has 0 atom stereocenters. The predicted octanol–water partition coefficient (Wildman–Crippen LogP) is 1.56. The molecule has 1 aromatic rings. The van der Waals surface area contributed by atoms with E-state index < -0.39 is 0 Å². The smallest absolute Gasteiger partial charge is 0.237 e. The van der Waals surface area contributed by atoms with Crippen molar-refractivity contribution in [1.29, 1.82) is 0 Å². The normalized spacial score (nSPS) is 16.1. The van der Waals surface area contributed by atoms with Crippen molar-refractivity contribution < 1.29 is 4.79 Å². The van der Waals surface area contributed by atoms with Gasteiger partial charge >= 0.3 is 0 Å².